The molecule has 1 aromatic carbocycles. The Kier molecular flexibility index (Phi) is 6.82. The lowest BCUT2D eigenvalue weighted by molar-refractivity contribution is 0.0342. The number of ether oxygens (including phenoxy) is 1. The Bertz CT molecular complexity index is 887. The largest absolute Gasteiger partial charge is 0.379 e. The van der Waals surface area contributed by atoms with Gasteiger partial charge in [0.1, 0.15) is 5.82 Å². The molecule has 2 fully saturated rings. The number of nitrogens with one attached hydrogen (secondary N) is 1. The van der Waals surface area contributed by atoms with Gasteiger partial charge in [0.05, 0.1) is 23.8 Å². The van der Waals surface area contributed by atoms with Crippen molar-refractivity contribution in [3.63, 3.8) is 0 Å². The van der Waals surface area contributed by atoms with Gasteiger partial charge in [0.2, 0.25) is 0 Å². The van der Waals surface area contributed by atoms with Gasteiger partial charge in [-0.3, -0.25) is 9.69 Å². The van der Waals surface area contributed by atoms with Gasteiger partial charge in [0, 0.05) is 48.8 Å². The summed E-state index contributed by atoms with van der Waals surface area (Å²) in [6, 6.07) is 7.37. The zero-order chi connectivity index (χ0) is 20.2. The molecule has 0 aliphatic carbocycles. The van der Waals surface area contributed by atoms with Gasteiger partial charge < -0.3 is 14.4 Å². The molecule has 4 rings (SSSR count). The molecule has 154 valence electrons. The van der Waals surface area contributed by atoms with Gasteiger partial charge in [-0.1, -0.05) is 23.2 Å². The minimum Gasteiger partial charge on any atom is -0.379 e. The number of anilines is 2. The molecule has 0 unspecified atom stereocenters. The van der Waals surface area contributed by atoms with Crippen molar-refractivity contribution in [2.45, 2.75) is 13.0 Å². The first-order valence-electron chi connectivity index (χ1n) is 9.55. The second-order valence-electron chi connectivity index (χ2n) is 7.00. The summed E-state index contributed by atoms with van der Waals surface area (Å²) < 4.78 is 7.49. The molecule has 0 atom stereocenters. The van der Waals surface area contributed by atoms with E-state index in [4.69, 9.17) is 27.9 Å². The number of hydrogen-bond donors (Lipinski definition) is 1. The number of amides is 1. The molecule has 1 aromatic heterocycles. The SMILES string of the molecule is O=C(Nc1cc(Cl)cc(CN2CCOCC2)c1)c1cc(N2CCCS2)ncc1Cl. The monoisotopic (exact) mass is 452 g/mol. The molecule has 0 spiro atoms. The van der Waals surface area contributed by atoms with Crippen molar-refractivity contribution in [3.05, 3.63) is 51.6 Å². The molecule has 1 amide bonds. The zero-order valence-corrected chi connectivity index (χ0v) is 18.2. The summed E-state index contributed by atoms with van der Waals surface area (Å²) >= 11 is 14.3. The number of halogens is 2. The van der Waals surface area contributed by atoms with Crippen LogP contribution in [0.15, 0.2) is 30.5 Å². The average Bonchev–Trinajstić information content (AvgIpc) is 3.23. The van der Waals surface area contributed by atoms with Crippen LogP contribution >= 0.6 is 35.1 Å². The number of rotatable bonds is 5. The number of carbonyl (C=O) groups excluding carboxylic acids is 1. The number of hydrogen-bond acceptors (Lipinski definition) is 6. The molecule has 2 aliphatic heterocycles. The Hall–Kier alpha value is -1.51. The fourth-order valence-electron chi connectivity index (χ4n) is 3.40. The molecule has 9 heteroatoms. The maximum atomic E-state index is 12.9. The second-order valence-corrected chi connectivity index (χ2v) is 8.95. The number of aromatic nitrogens is 1. The van der Waals surface area contributed by atoms with Gasteiger partial charge in [-0.2, -0.15) is 0 Å². The highest BCUT2D eigenvalue weighted by Crippen LogP contribution is 2.30. The van der Waals surface area contributed by atoms with Crippen LogP contribution in [0.3, 0.4) is 0 Å². The summed E-state index contributed by atoms with van der Waals surface area (Å²) in [4.78, 5) is 19.6. The molecule has 29 heavy (non-hydrogen) atoms. The summed E-state index contributed by atoms with van der Waals surface area (Å²) in [6.45, 7) is 4.93. The van der Waals surface area contributed by atoms with E-state index in [1.807, 2.05) is 12.1 Å². The molecule has 2 aromatic rings. The third-order valence-corrected chi connectivity index (χ3v) is 6.49. The summed E-state index contributed by atoms with van der Waals surface area (Å²) in [5, 5.41) is 3.84. The zero-order valence-electron chi connectivity index (χ0n) is 15.9. The second kappa shape index (κ2) is 9.53. The fourth-order valence-corrected chi connectivity index (χ4v) is 4.81. The Morgan fingerprint density at radius 1 is 1.17 bits per heavy atom. The summed E-state index contributed by atoms with van der Waals surface area (Å²) in [5.41, 5.74) is 2.10. The summed E-state index contributed by atoms with van der Waals surface area (Å²) in [5.74, 6) is 1.53. The normalized spacial score (nSPS) is 17.5. The van der Waals surface area contributed by atoms with Crippen LogP contribution in [0.2, 0.25) is 10.0 Å². The molecule has 0 radical (unpaired) electrons. The Morgan fingerprint density at radius 2 is 2.00 bits per heavy atom. The number of nitrogens with zero attached hydrogens (tertiary/aromatic N) is 3. The van der Waals surface area contributed by atoms with Crippen LogP contribution in [0.5, 0.6) is 0 Å². The van der Waals surface area contributed by atoms with E-state index < -0.39 is 0 Å². The predicted molar refractivity (Wildman–Crippen MR) is 119 cm³/mol. The number of pyridine rings is 1. The maximum Gasteiger partial charge on any atom is 0.257 e. The molecule has 6 nitrogen and oxygen atoms in total. The Balaban J connectivity index is 1.49. The first-order valence-corrected chi connectivity index (χ1v) is 11.3. The van der Waals surface area contributed by atoms with E-state index in [1.54, 1.807) is 24.1 Å². The van der Waals surface area contributed by atoms with Crippen LogP contribution in [-0.4, -0.2) is 54.4 Å². The minimum absolute atomic E-state index is 0.276. The van der Waals surface area contributed by atoms with Crippen LogP contribution in [0.4, 0.5) is 11.5 Å². The fraction of sp³-hybridized carbons (Fsp3) is 0.400. The first kappa shape index (κ1) is 20.8. The van der Waals surface area contributed by atoms with Crippen molar-refractivity contribution in [2.75, 3.05) is 48.2 Å². The van der Waals surface area contributed by atoms with Gasteiger partial charge in [0.25, 0.3) is 5.91 Å². The average molecular weight is 453 g/mol. The van der Waals surface area contributed by atoms with Crippen molar-refractivity contribution < 1.29 is 9.53 Å². The maximum absolute atomic E-state index is 12.9. The number of carbonyl (C=O) groups is 1. The first-order chi connectivity index (χ1) is 14.1. The summed E-state index contributed by atoms with van der Waals surface area (Å²) in [6.07, 6.45) is 2.64. The van der Waals surface area contributed by atoms with Crippen molar-refractivity contribution in [1.82, 2.24) is 9.88 Å². The predicted octanol–water partition coefficient (Wildman–Crippen LogP) is 4.33. The number of benzene rings is 1. The van der Waals surface area contributed by atoms with Crippen LogP contribution in [0.1, 0.15) is 22.3 Å². The molecule has 3 heterocycles. The van der Waals surface area contributed by atoms with Crippen molar-refractivity contribution >= 4 is 52.6 Å². The van der Waals surface area contributed by atoms with E-state index in [1.165, 1.54) is 6.20 Å². The smallest absolute Gasteiger partial charge is 0.257 e. The lowest BCUT2D eigenvalue weighted by Gasteiger charge is -2.26. The summed E-state index contributed by atoms with van der Waals surface area (Å²) in [7, 11) is 0. The van der Waals surface area contributed by atoms with E-state index in [9.17, 15) is 4.79 Å². The molecular formula is C20H22Cl2N4O2S. The third kappa shape index (κ3) is 5.35. The van der Waals surface area contributed by atoms with E-state index >= 15 is 0 Å². The quantitative estimate of drug-likeness (QED) is 0.681. The molecule has 2 saturated heterocycles. The van der Waals surface area contributed by atoms with Gasteiger partial charge in [-0.25, -0.2) is 4.98 Å². The van der Waals surface area contributed by atoms with Gasteiger partial charge >= 0.3 is 0 Å². The van der Waals surface area contributed by atoms with Crippen LogP contribution in [0, 0.1) is 0 Å². The highest BCUT2D eigenvalue weighted by Gasteiger charge is 2.19. The van der Waals surface area contributed by atoms with Gasteiger partial charge in [-0.05, 0) is 48.2 Å². The van der Waals surface area contributed by atoms with Crippen LogP contribution in [0.25, 0.3) is 0 Å². The highest BCUT2D eigenvalue weighted by atomic mass is 35.5. The molecule has 1 N–H and O–H groups in total. The highest BCUT2D eigenvalue weighted by molar-refractivity contribution is 8.00. The van der Waals surface area contributed by atoms with Crippen LogP contribution in [-0.2, 0) is 11.3 Å². The lowest BCUT2D eigenvalue weighted by Crippen LogP contribution is -2.35. The topological polar surface area (TPSA) is 57.7 Å². The Labute approximate surface area is 184 Å². The molecule has 0 saturated carbocycles. The van der Waals surface area contributed by atoms with E-state index in [-0.39, 0.29) is 5.91 Å². The van der Waals surface area contributed by atoms with E-state index in [0.717, 1.165) is 62.9 Å². The molecular weight excluding hydrogens is 431 g/mol. The van der Waals surface area contributed by atoms with Crippen LogP contribution < -0.4 is 9.62 Å². The van der Waals surface area contributed by atoms with Crippen molar-refractivity contribution in [1.29, 1.82) is 0 Å². The Morgan fingerprint density at radius 3 is 2.76 bits per heavy atom. The minimum atomic E-state index is -0.276. The third-order valence-electron chi connectivity index (χ3n) is 4.82. The lowest BCUT2D eigenvalue weighted by atomic mass is 10.1. The van der Waals surface area contributed by atoms with Crippen molar-refractivity contribution in [3.8, 4) is 0 Å². The standard InChI is InChI=1S/C20H22Cl2N4O2S/c21-15-8-14(13-25-3-5-28-6-4-25)9-16(10-15)24-20(27)17-11-19(23-12-18(17)22)26-2-1-7-29-26/h8-12H,1-7,13H2,(H,24,27). The number of morpholine rings is 1. The molecule has 0 bridgehead atoms. The van der Waals surface area contributed by atoms with Gasteiger partial charge in [-0.15, -0.1) is 0 Å². The van der Waals surface area contributed by atoms with E-state index in [2.05, 4.69) is 19.5 Å². The molecule has 2 aliphatic rings. The van der Waals surface area contributed by atoms with E-state index in [0.29, 0.717) is 21.3 Å². The van der Waals surface area contributed by atoms with Gasteiger partial charge in [0.15, 0.2) is 0 Å². The van der Waals surface area contributed by atoms with Crippen molar-refractivity contribution in [2.24, 2.45) is 0 Å².